The quantitative estimate of drug-likeness (QED) is 0.562. The Hall–Kier alpha value is -3.66. The molecule has 0 saturated carbocycles. The van der Waals surface area contributed by atoms with Gasteiger partial charge in [-0.2, -0.15) is 10.4 Å². The molecule has 0 bridgehead atoms. The number of rotatable bonds is 3. The molecule has 138 valence electrons. The predicted molar refractivity (Wildman–Crippen MR) is 99.0 cm³/mol. The van der Waals surface area contributed by atoms with E-state index < -0.39 is 5.82 Å². The Balaban J connectivity index is 1.51. The van der Waals surface area contributed by atoms with Crippen molar-refractivity contribution in [3.63, 3.8) is 0 Å². The Kier molecular flexibility index (Phi) is 3.83. The molecule has 0 spiro atoms. The molecule has 7 heteroatoms. The molecule has 5 rings (SSSR count). The summed E-state index contributed by atoms with van der Waals surface area (Å²) in [5, 5.41) is 17.2. The van der Waals surface area contributed by atoms with Crippen molar-refractivity contribution in [2.45, 2.75) is 25.4 Å². The minimum absolute atomic E-state index is 0.0796. The van der Waals surface area contributed by atoms with Crippen LogP contribution in [0.15, 0.2) is 47.3 Å². The number of ether oxygens (including phenoxy) is 1. The van der Waals surface area contributed by atoms with Crippen LogP contribution in [0.2, 0.25) is 0 Å². The normalized spacial score (nSPS) is 15.9. The molecule has 0 radical (unpaired) electrons. The van der Waals surface area contributed by atoms with Crippen molar-refractivity contribution in [1.82, 2.24) is 15.2 Å². The van der Waals surface area contributed by atoms with Crippen LogP contribution >= 0.6 is 0 Å². The molecule has 4 aromatic rings. The van der Waals surface area contributed by atoms with Gasteiger partial charge in [0.1, 0.15) is 29.4 Å². The first-order valence-corrected chi connectivity index (χ1v) is 8.99. The van der Waals surface area contributed by atoms with Crippen LogP contribution in [0.25, 0.3) is 22.4 Å². The lowest BCUT2D eigenvalue weighted by Crippen LogP contribution is -2.16. The van der Waals surface area contributed by atoms with Crippen molar-refractivity contribution in [3.05, 3.63) is 65.4 Å². The highest BCUT2D eigenvalue weighted by Gasteiger charge is 2.24. The van der Waals surface area contributed by atoms with Crippen LogP contribution in [-0.4, -0.2) is 15.2 Å². The van der Waals surface area contributed by atoms with Crippen LogP contribution in [0.5, 0.6) is 5.75 Å². The molecule has 0 fully saturated rings. The second-order valence-corrected chi connectivity index (χ2v) is 6.79. The van der Waals surface area contributed by atoms with Crippen molar-refractivity contribution in [1.29, 1.82) is 5.26 Å². The number of nitrogens with zero attached hydrogens (tertiary/aromatic N) is 3. The smallest absolute Gasteiger partial charge is 0.181 e. The zero-order valence-corrected chi connectivity index (χ0v) is 14.8. The highest BCUT2D eigenvalue weighted by atomic mass is 19.1. The lowest BCUT2D eigenvalue weighted by atomic mass is 9.88. The maximum atomic E-state index is 14.2. The Morgan fingerprint density at radius 3 is 3.04 bits per heavy atom. The first kappa shape index (κ1) is 16.5. The van der Waals surface area contributed by atoms with E-state index in [9.17, 15) is 4.39 Å². The van der Waals surface area contributed by atoms with Gasteiger partial charge in [0.05, 0.1) is 17.3 Å². The topological polar surface area (TPSA) is 87.7 Å². The number of fused-ring (bicyclic) bond motifs is 2. The van der Waals surface area contributed by atoms with Crippen LogP contribution in [0.1, 0.15) is 35.6 Å². The molecule has 2 aromatic carbocycles. The van der Waals surface area contributed by atoms with Gasteiger partial charge < -0.3 is 9.15 Å². The zero-order chi connectivity index (χ0) is 19.1. The number of aryl methyl sites for hydroxylation is 1. The van der Waals surface area contributed by atoms with Crippen LogP contribution in [0.4, 0.5) is 4.39 Å². The van der Waals surface area contributed by atoms with E-state index in [-0.39, 0.29) is 11.7 Å². The first-order chi connectivity index (χ1) is 13.7. The zero-order valence-electron chi connectivity index (χ0n) is 14.8. The summed E-state index contributed by atoms with van der Waals surface area (Å²) >= 11 is 0. The van der Waals surface area contributed by atoms with E-state index >= 15 is 0 Å². The summed E-state index contributed by atoms with van der Waals surface area (Å²) in [6, 6.07) is 10.6. The fraction of sp³-hybridized carbons (Fsp3) is 0.190. The molecule has 1 aliphatic carbocycles. The van der Waals surface area contributed by atoms with Crippen molar-refractivity contribution in [2.75, 3.05) is 0 Å². The molecule has 0 saturated heterocycles. The highest BCUT2D eigenvalue weighted by Crippen LogP contribution is 2.36. The number of nitriles is 1. The third-order valence-corrected chi connectivity index (χ3v) is 5.09. The number of hydrogen-bond acceptors (Lipinski definition) is 5. The summed E-state index contributed by atoms with van der Waals surface area (Å²) in [5.41, 5.74) is 3.38. The van der Waals surface area contributed by atoms with Gasteiger partial charge in [-0.1, -0.05) is 0 Å². The number of benzene rings is 2. The van der Waals surface area contributed by atoms with E-state index in [4.69, 9.17) is 14.4 Å². The molecule has 6 nitrogen and oxygen atoms in total. The number of oxazole rings is 1. The van der Waals surface area contributed by atoms with Gasteiger partial charge in [0.15, 0.2) is 12.2 Å². The Labute approximate surface area is 159 Å². The molecule has 1 N–H and O–H groups in total. The van der Waals surface area contributed by atoms with E-state index in [1.165, 1.54) is 12.5 Å². The number of hydrogen-bond donors (Lipinski definition) is 1. The van der Waals surface area contributed by atoms with Crippen molar-refractivity contribution in [2.24, 2.45) is 0 Å². The SMILES string of the molecule is N#Cc1cc2c(cc1F)C(Oc1ccc3[nH]nc(-c4cnco4)c3c1)CCC2. The average Bonchev–Trinajstić information content (AvgIpc) is 3.37. The molecule has 2 heterocycles. The number of halogens is 1. The number of aromatic nitrogens is 3. The summed E-state index contributed by atoms with van der Waals surface area (Å²) < 4.78 is 25.7. The monoisotopic (exact) mass is 374 g/mol. The molecule has 28 heavy (non-hydrogen) atoms. The van der Waals surface area contributed by atoms with Gasteiger partial charge in [0.2, 0.25) is 0 Å². The lowest BCUT2D eigenvalue weighted by molar-refractivity contribution is 0.183. The van der Waals surface area contributed by atoms with E-state index in [0.717, 1.165) is 41.3 Å². The molecular weight excluding hydrogens is 359 g/mol. The molecule has 1 aliphatic rings. The first-order valence-electron chi connectivity index (χ1n) is 8.99. The van der Waals surface area contributed by atoms with Gasteiger partial charge in [-0.05, 0) is 60.7 Å². The number of aromatic amines is 1. The molecule has 1 atom stereocenters. The Bertz CT molecular complexity index is 1210. The maximum Gasteiger partial charge on any atom is 0.181 e. The number of H-pyrrole nitrogens is 1. The van der Waals surface area contributed by atoms with E-state index in [2.05, 4.69) is 15.2 Å². The summed E-state index contributed by atoms with van der Waals surface area (Å²) in [6.07, 6.45) is 5.24. The summed E-state index contributed by atoms with van der Waals surface area (Å²) in [7, 11) is 0. The second kappa shape index (κ2) is 6.50. The van der Waals surface area contributed by atoms with Crippen molar-refractivity contribution >= 4 is 10.9 Å². The maximum absolute atomic E-state index is 14.2. The van der Waals surface area contributed by atoms with Gasteiger partial charge in [-0.15, -0.1) is 0 Å². The van der Waals surface area contributed by atoms with Gasteiger partial charge >= 0.3 is 0 Å². The van der Waals surface area contributed by atoms with Crippen molar-refractivity contribution in [3.8, 4) is 23.3 Å². The van der Waals surface area contributed by atoms with Crippen LogP contribution in [0, 0.1) is 17.1 Å². The van der Waals surface area contributed by atoms with E-state index in [1.807, 2.05) is 24.3 Å². The number of nitrogens with one attached hydrogen (secondary N) is 1. The van der Waals surface area contributed by atoms with Gasteiger partial charge in [-0.25, -0.2) is 9.37 Å². The predicted octanol–water partition coefficient (Wildman–Crippen LogP) is 4.69. The highest BCUT2D eigenvalue weighted by molar-refractivity contribution is 5.92. The summed E-state index contributed by atoms with van der Waals surface area (Å²) in [4.78, 5) is 3.94. The molecule has 2 aromatic heterocycles. The molecular formula is C21H15FN4O2. The fourth-order valence-electron chi connectivity index (χ4n) is 3.74. The van der Waals surface area contributed by atoms with Crippen LogP contribution in [-0.2, 0) is 6.42 Å². The second-order valence-electron chi connectivity index (χ2n) is 6.79. The third kappa shape index (κ3) is 2.70. The van der Waals surface area contributed by atoms with E-state index in [1.54, 1.807) is 12.3 Å². The van der Waals surface area contributed by atoms with Crippen LogP contribution in [0.3, 0.4) is 0 Å². The van der Waals surface area contributed by atoms with Gasteiger partial charge in [-0.3, -0.25) is 5.10 Å². The van der Waals surface area contributed by atoms with E-state index in [0.29, 0.717) is 17.2 Å². The standard InChI is InChI=1S/C21H15FN4O2/c22-17-8-15-12(6-13(17)9-23)2-1-3-19(15)28-14-4-5-18-16(7-14)21(26-25-18)20-10-24-11-27-20/h4-8,10-11,19H,1-3H2,(H,25,26). The average molecular weight is 374 g/mol. The molecule has 0 aliphatic heterocycles. The lowest BCUT2D eigenvalue weighted by Gasteiger charge is -2.26. The van der Waals surface area contributed by atoms with Crippen LogP contribution < -0.4 is 4.74 Å². The van der Waals surface area contributed by atoms with Gasteiger partial charge in [0, 0.05) is 5.39 Å². The Morgan fingerprint density at radius 1 is 1.29 bits per heavy atom. The molecule has 0 amide bonds. The third-order valence-electron chi connectivity index (χ3n) is 5.09. The molecule has 1 unspecified atom stereocenters. The summed E-state index contributed by atoms with van der Waals surface area (Å²) in [6.45, 7) is 0. The van der Waals surface area contributed by atoms with Crippen molar-refractivity contribution < 1.29 is 13.5 Å². The minimum atomic E-state index is -0.505. The largest absolute Gasteiger partial charge is 0.486 e. The summed E-state index contributed by atoms with van der Waals surface area (Å²) in [5.74, 6) is 0.726. The fourth-order valence-corrected chi connectivity index (χ4v) is 3.74. The van der Waals surface area contributed by atoms with Gasteiger partial charge in [0.25, 0.3) is 0 Å². The Morgan fingerprint density at radius 2 is 2.21 bits per heavy atom. The minimum Gasteiger partial charge on any atom is -0.486 e.